The molecule has 0 radical (unpaired) electrons. The molecular formula is C10H7BrN2O3S. The third-order valence-electron chi connectivity index (χ3n) is 2.12. The number of aromatic hydroxyl groups is 2. The maximum Gasteiger partial charge on any atom is 0.273 e. The van der Waals surface area contributed by atoms with Gasteiger partial charge in [-0.1, -0.05) is 0 Å². The first kappa shape index (κ1) is 11.9. The standard InChI is InChI=1S/C10H7BrN2O3S/c11-5-1-4(7(14)3-8(5)15)2-6-9(16)13-10(17)12-6/h1-3,14-15H,(H2,12,13,16,17)/b6-2+. The van der Waals surface area contributed by atoms with Crippen molar-refractivity contribution >= 4 is 45.2 Å². The van der Waals surface area contributed by atoms with E-state index in [9.17, 15) is 15.0 Å². The van der Waals surface area contributed by atoms with Crippen molar-refractivity contribution in [1.82, 2.24) is 10.6 Å². The van der Waals surface area contributed by atoms with Gasteiger partial charge in [-0.15, -0.1) is 0 Å². The molecule has 1 saturated heterocycles. The highest BCUT2D eigenvalue weighted by atomic mass is 79.9. The van der Waals surface area contributed by atoms with Gasteiger partial charge in [-0.25, -0.2) is 0 Å². The van der Waals surface area contributed by atoms with Crippen molar-refractivity contribution in [1.29, 1.82) is 0 Å². The molecule has 0 unspecified atom stereocenters. The average molecular weight is 315 g/mol. The van der Waals surface area contributed by atoms with Crippen molar-refractivity contribution in [3.8, 4) is 11.5 Å². The van der Waals surface area contributed by atoms with Crippen LogP contribution in [0.2, 0.25) is 0 Å². The molecule has 1 aliphatic rings. The fourth-order valence-corrected chi connectivity index (χ4v) is 1.88. The number of phenols is 2. The maximum absolute atomic E-state index is 11.4. The number of hydrogen-bond donors (Lipinski definition) is 4. The predicted octanol–water partition coefficient (Wildman–Crippen LogP) is 1.21. The van der Waals surface area contributed by atoms with Gasteiger partial charge in [0.2, 0.25) is 0 Å². The minimum absolute atomic E-state index is 0.0796. The van der Waals surface area contributed by atoms with E-state index >= 15 is 0 Å². The normalized spacial score (nSPS) is 17.1. The largest absolute Gasteiger partial charge is 0.507 e. The zero-order valence-electron chi connectivity index (χ0n) is 8.32. The van der Waals surface area contributed by atoms with Crippen LogP contribution < -0.4 is 10.6 Å². The Bertz CT molecular complexity index is 557. The highest BCUT2D eigenvalue weighted by Crippen LogP contribution is 2.32. The molecule has 0 atom stereocenters. The molecule has 2 rings (SSSR count). The number of phenolic OH excluding ortho intramolecular Hbond substituents is 2. The lowest BCUT2D eigenvalue weighted by Crippen LogP contribution is -2.21. The minimum Gasteiger partial charge on any atom is -0.507 e. The van der Waals surface area contributed by atoms with Gasteiger partial charge in [0.15, 0.2) is 5.11 Å². The van der Waals surface area contributed by atoms with Crippen LogP contribution in [-0.2, 0) is 4.79 Å². The van der Waals surface area contributed by atoms with Gasteiger partial charge in [0.05, 0.1) is 4.47 Å². The molecule has 17 heavy (non-hydrogen) atoms. The maximum atomic E-state index is 11.4. The Hall–Kier alpha value is -1.60. The molecule has 7 heteroatoms. The van der Waals surface area contributed by atoms with Crippen molar-refractivity contribution in [3.05, 3.63) is 27.9 Å². The van der Waals surface area contributed by atoms with Crippen molar-refractivity contribution < 1.29 is 15.0 Å². The lowest BCUT2D eigenvalue weighted by atomic mass is 10.1. The van der Waals surface area contributed by atoms with E-state index in [2.05, 4.69) is 26.6 Å². The van der Waals surface area contributed by atoms with Gasteiger partial charge in [-0.2, -0.15) is 0 Å². The van der Waals surface area contributed by atoms with E-state index in [0.717, 1.165) is 0 Å². The molecule has 1 amide bonds. The molecule has 1 aromatic carbocycles. The third-order valence-corrected chi connectivity index (χ3v) is 2.96. The van der Waals surface area contributed by atoms with Crippen molar-refractivity contribution in [2.45, 2.75) is 0 Å². The zero-order chi connectivity index (χ0) is 12.6. The van der Waals surface area contributed by atoms with Crippen LogP contribution in [0, 0.1) is 0 Å². The Morgan fingerprint density at radius 1 is 1.24 bits per heavy atom. The fraction of sp³-hybridized carbons (Fsp3) is 0. The van der Waals surface area contributed by atoms with Crippen LogP contribution in [0.4, 0.5) is 0 Å². The molecule has 1 aromatic rings. The summed E-state index contributed by atoms with van der Waals surface area (Å²) in [5.74, 6) is -0.576. The molecule has 1 aliphatic heterocycles. The Kier molecular flexibility index (Phi) is 3.03. The number of carbonyl (C=O) groups excluding carboxylic acids is 1. The van der Waals surface area contributed by atoms with Gasteiger partial charge >= 0.3 is 0 Å². The number of nitrogens with one attached hydrogen (secondary N) is 2. The first-order chi connectivity index (χ1) is 7.97. The van der Waals surface area contributed by atoms with Crippen LogP contribution >= 0.6 is 28.1 Å². The lowest BCUT2D eigenvalue weighted by Gasteiger charge is -2.03. The van der Waals surface area contributed by atoms with Crippen LogP contribution in [0.1, 0.15) is 5.56 Å². The summed E-state index contributed by atoms with van der Waals surface area (Å²) in [7, 11) is 0. The first-order valence-corrected chi connectivity index (χ1v) is 5.73. The van der Waals surface area contributed by atoms with E-state index in [4.69, 9.17) is 12.2 Å². The predicted molar refractivity (Wildman–Crippen MR) is 69.3 cm³/mol. The molecule has 0 bridgehead atoms. The lowest BCUT2D eigenvalue weighted by molar-refractivity contribution is -0.115. The second kappa shape index (κ2) is 4.34. The molecule has 0 aliphatic carbocycles. The second-order valence-corrected chi connectivity index (χ2v) is 4.59. The molecule has 1 fully saturated rings. The van der Waals surface area contributed by atoms with Crippen LogP contribution in [0.5, 0.6) is 11.5 Å². The van der Waals surface area contributed by atoms with Gasteiger partial charge < -0.3 is 15.5 Å². The van der Waals surface area contributed by atoms with Crippen molar-refractivity contribution in [2.75, 3.05) is 0 Å². The fourth-order valence-electron chi connectivity index (χ4n) is 1.32. The number of hydrogen-bond acceptors (Lipinski definition) is 4. The Labute approximate surface area is 110 Å². The second-order valence-electron chi connectivity index (χ2n) is 3.33. The summed E-state index contributed by atoms with van der Waals surface area (Å²) in [5.41, 5.74) is 0.625. The highest BCUT2D eigenvalue weighted by Gasteiger charge is 2.20. The summed E-state index contributed by atoms with van der Waals surface area (Å²) < 4.78 is 0.420. The zero-order valence-corrected chi connectivity index (χ0v) is 10.7. The van der Waals surface area contributed by atoms with Crippen LogP contribution in [0.25, 0.3) is 6.08 Å². The van der Waals surface area contributed by atoms with E-state index in [1.54, 1.807) is 0 Å². The van der Waals surface area contributed by atoms with Gasteiger partial charge in [-0.05, 0) is 40.3 Å². The number of halogens is 1. The summed E-state index contributed by atoms with van der Waals surface area (Å²) in [6, 6.07) is 2.68. The van der Waals surface area contributed by atoms with Gasteiger partial charge in [0, 0.05) is 11.6 Å². The van der Waals surface area contributed by atoms with Gasteiger partial charge in [0.25, 0.3) is 5.91 Å². The van der Waals surface area contributed by atoms with E-state index < -0.39 is 0 Å². The molecule has 0 spiro atoms. The Balaban J connectivity index is 2.42. The molecular weight excluding hydrogens is 308 g/mol. The van der Waals surface area contributed by atoms with Crippen LogP contribution in [0.3, 0.4) is 0 Å². The van der Waals surface area contributed by atoms with E-state index in [1.807, 2.05) is 0 Å². The highest BCUT2D eigenvalue weighted by molar-refractivity contribution is 9.10. The number of rotatable bonds is 1. The summed E-state index contributed by atoms with van der Waals surface area (Å²) in [6.07, 6.45) is 1.44. The first-order valence-electron chi connectivity index (χ1n) is 4.53. The van der Waals surface area contributed by atoms with Crippen LogP contribution in [-0.4, -0.2) is 21.2 Å². The summed E-state index contributed by atoms with van der Waals surface area (Å²) in [4.78, 5) is 11.4. The topological polar surface area (TPSA) is 81.6 Å². The Morgan fingerprint density at radius 3 is 2.53 bits per heavy atom. The molecule has 4 N–H and O–H groups in total. The van der Waals surface area contributed by atoms with Crippen molar-refractivity contribution in [3.63, 3.8) is 0 Å². The minimum atomic E-state index is -0.362. The molecule has 1 heterocycles. The average Bonchev–Trinajstić information content (AvgIpc) is 2.54. The smallest absolute Gasteiger partial charge is 0.273 e. The molecule has 88 valence electrons. The third kappa shape index (κ3) is 2.40. The summed E-state index contributed by atoms with van der Waals surface area (Å²) >= 11 is 7.89. The van der Waals surface area contributed by atoms with E-state index in [1.165, 1.54) is 18.2 Å². The van der Waals surface area contributed by atoms with E-state index in [0.29, 0.717) is 10.0 Å². The number of benzene rings is 1. The molecule has 0 aromatic heterocycles. The van der Waals surface area contributed by atoms with Gasteiger partial charge in [0.1, 0.15) is 17.2 Å². The number of amides is 1. The quantitative estimate of drug-likeness (QED) is 0.463. The monoisotopic (exact) mass is 314 g/mol. The number of thiocarbonyl (C=S) groups is 1. The van der Waals surface area contributed by atoms with Crippen molar-refractivity contribution in [2.24, 2.45) is 0 Å². The molecule has 0 saturated carbocycles. The molecule has 5 nitrogen and oxygen atoms in total. The number of carbonyl (C=O) groups is 1. The SMILES string of the molecule is O=C1NC(=S)N/C1=C/c1cc(Br)c(O)cc1O. The summed E-state index contributed by atoms with van der Waals surface area (Å²) in [5, 5.41) is 24.2. The van der Waals surface area contributed by atoms with E-state index in [-0.39, 0.29) is 28.2 Å². The summed E-state index contributed by atoms with van der Waals surface area (Å²) in [6.45, 7) is 0. The van der Waals surface area contributed by atoms with Gasteiger partial charge in [-0.3, -0.25) is 10.1 Å². The van der Waals surface area contributed by atoms with Crippen LogP contribution in [0.15, 0.2) is 22.3 Å². The Morgan fingerprint density at radius 2 is 1.94 bits per heavy atom.